The zero-order chi connectivity index (χ0) is 28.8. The van der Waals surface area contributed by atoms with Gasteiger partial charge in [0.2, 0.25) is 0 Å². The molecule has 0 aromatic carbocycles. The second-order valence-corrected chi connectivity index (χ2v) is 11.5. The van der Waals surface area contributed by atoms with Crippen LogP contribution in [0.1, 0.15) is 30.5 Å². The van der Waals surface area contributed by atoms with E-state index in [1.807, 2.05) is 36.8 Å². The van der Waals surface area contributed by atoms with Crippen LogP contribution in [0.3, 0.4) is 0 Å². The number of fused-ring (bicyclic) bond motifs is 3. The van der Waals surface area contributed by atoms with E-state index in [1.165, 1.54) is 37.0 Å². The van der Waals surface area contributed by atoms with Crippen LogP contribution >= 0.6 is 11.8 Å². The maximum Gasteiger partial charge on any atom is 0.333 e. The van der Waals surface area contributed by atoms with Crippen molar-refractivity contribution >= 4 is 23.1 Å². The summed E-state index contributed by atoms with van der Waals surface area (Å²) < 4.78 is 28.5. The Kier molecular flexibility index (Phi) is 6.84. The van der Waals surface area contributed by atoms with Crippen molar-refractivity contribution in [2.75, 3.05) is 24.2 Å². The highest BCUT2D eigenvalue weighted by Gasteiger charge is 2.40. The normalized spacial score (nSPS) is 18.7. The van der Waals surface area contributed by atoms with E-state index in [0.29, 0.717) is 39.0 Å². The van der Waals surface area contributed by atoms with Crippen molar-refractivity contribution in [1.82, 2.24) is 34.3 Å². The van der Waals surface area contributed by atoms with Gasteiger partial charge in [0, 0.05) is 78.8 Å². The van der Waals surface area contributed by atoms with Crippen LogP contribution in [0.25, 0.3) is 27.8 Å². The van der Waals surface area contributed by atoms with Gasteiger partial charge in [-0.25, -0.2) is 19.2 Å². The first-order valence-corrected chi connectivity index (χ1v) is 14.9. The third-order valence-electron chi connectivity index (χ3n) is 8.26. The highest BCUT2D eigenvalue weighted by molar-refractivity contribution is 7.98. The first-order chi connectivity index (χ1) is 20.5. The van der Waals surface area contributed by atoms with E-state index < -0.39 is 6.55 Å². The van der Waals surface area contributed by atoms with E-state index >= 15 is 0 Å². The number of anilines is 1. The first kappa shape index (κ1) is 26.6. The molecule has 7 heterocycles. The van der Waals surface area contributed by atoms with E-state index in [2.05, 4.69) is 43.2 Å². The molecule has 2 bridgehead atoms. The van der Waals surface area contributed by atoms with Crippen molar-refractivity contribution in [2.45, 2.75) is 43.0 Å². The summed E-state index contributed by atoms with van der Waals surface area (Å²) in [6.07, 6.45) is 14.1. The van der Waals surface area contributed by atoms with Gasteiger partial charge in [-0.1, -0.05) is 6.07 Å². The largest absolute Gasteiger partial charge is 0.353 e. The summed E-state index contributed by atoms with van der Waals surface area (Å²) in [6, 6.07) is 13.3. The summed E-state index contributed by atoms with van der Waals surface area (Å²) in [7, 11) is 0. The van der Waals surface area contributed by atoms with E-state index in [1.54, 1.807) is 22.5 Å². The fourth-order valence-electron chi connectivity index (χ4n) is 6.18. The molecular formula is C30H27F2N9S. The smallest absolute Gasteiger partial charge is 0.333 e. The van der Waals surface area contributed by atoms with Crippen molar-refractivity contribution in [1.29, 1.82) is 5.26 Å². The van der Waals surface area contributed by atoms with Crippen LogP contribution < -0.4 is 4.90 Å². The molecule has 2 unspecified atom stereocenters. The van der Waals surface area contributed by atoms with E-state index in [9.17, 15) is 14.0 Å². The fraction of sp³-hybridized carbons (Fsp3) is 0.300. The van der Waals surface area contributed by atoms with Gasteiger partial charge in [-0.2, -0.15) is 24.2 Å². The Hall–Kier alpha value is -4.34. The number of alkyl halides is 2. The number of thioether (sulfide) groups is 1. The van der Waals surface area contributed by atoms with Gasteiger partial charge in [-0.05, 0) is 48.9 Å². The number of nitriles is 1. The van der Waals surface area contributed by atoms with Crippen LogP contribution in [0.15, 0.2) is 72.5 Å². The van der Waals surface area contributed by atoms with Crippen LogP contribution in [0, 0.1) is 11.3 Å². The first-order valence-electron chi connectivity index (χ1n) is 13.7. The Morgan fingerprint density at radius 2 is 1.79 bits per heavy atom. The molecule has 12 heteroatoms. The number of hydrogen-bond donors (Lipinski definition) is 0. The number of rotatable bonds is 7. The van der Waals surface area contributed by atoms with Gasteiger partial charge < -0.3 is 4.90 Å². The zero-order valence-corrected chi connectivity index (χ0v) is 23.6. The standard InChI is InChI=1S/C30H27F2N9S/c1-42-28-7-2-19(10-35-28)14-39-24-4-5-25(39)18-38(17-24)27-6-3-20(11-34-27)26-8-21(23-13-37-41(16-23)30(31)32)15-40-29(26)22(9-33)12-36-40/h2-3,6-8,10-13,15-16,24-25,30H,4-5,14,17-18H2,1H3. The molecule has 2 atom stereocenters. The van der Waals surface area contributed by atoms with Gasteiger partial charge in [-0.15, -0.1) is 11.8 Å². The topological polar surface area (TPSA) is 91.2 Å². The molecule has 0 aliphatic carbocycles. The fourth-order valence-corrected chi connectivity index (χ4v) is 6.54. The van der Waals surface area contributed by atoms with Crippen LogP contribution in [0.5, 0.6) is 0 Å². The highest BCUT2D eigenvalue weighted by atomic mass is 32.2. The minimum absolute atomic E-state index is 0.426. The summed E-state index contributed by atoms with van der Waals surface area (Å²) >= 11 is 1.65. The predicted octanol–water partition coefficient (Wildman–Crippen LogP) is 5.50. The third-order valence-corrected chi connectivity index (χ3v) is 8.91. The summed E-state index contributed by atoms with van der Waals surface area (Å²) in [5.74, 6) is 0.917. The molecule has 212 valence electrons. The highest BCUT2D eigenvalue weighted by Crippen LogP contribution is 2.35. The molecule has 0 N–H and O–H groups in total. The van der Waals surface area contributed by atoms with E-state index in [0.717, 1.165) is 41.6 Å². The Balaban J connectivity index is 1.14. The van der Waals surface area contributed by atoms with Gasteiger partial charge >= 0.3 is 6.55 Å². The van der Waals surface area contributed by atoms with Gasteiger partial charge in [0.25, 0.3) is 0 Å². The molecule has 0 spiro atoms. The monoisotopic (exact) mass is 583 g/mol. The Morgan fingerprint density at radius 1 is 0.952 bits per heavy atom. The molecule has 0 radical (unpaired) electrons. The summed E-state index contributed by atoms with van der Waals surface area (Å²) in [5.41, 5.74) is 5.06. The van der Waals surface area contributed by atoms with Crippen LogP contribution in [-0.2, 0) is 6.54 Å². The summed E-state index contributed by atoms with van der Waals surface area (Å²) in [5, 5.41) is 18.9. The molecule has 5 aromatic rings. The van der Waals surface area contributed by atoms with Gasteiger partial charge in [-0.3, -0.25) is 4.90 Å². The molecule has 2 fully saturated rings. The molecule has 9 nitrogen and oxygen atoms in total. The number of aromatic nitrogens is 6. The Labute approximate surface area is 245 Å². The lowest BCUT2D eigenvalue weighted by atomic mass is 10.0. The van der Waals surface area contributed by atoms with Crippen molar-refractivity contribution < 1.29 is 8.78 Å². The minimum atomic E-state index is -2.73. The number of halogens is 2. The van der Waals surface area contributed by atoms with Gasteiger partial charge in [0.1, 0.15) is 11.9 Å². The minimum Gasteiger partial charge on any atom is -0.353 e. The third kappa shape index (κ3) is 4.78. The van der Waals surface area contributed by atoms with Crippen molar-refractivity contribution in [3.63, 3.8) is 0 Å². The van der Waals surface area contributed by atoms with E-state index in [-0.39, 0.29) is 0 Å². The number of pyridine rings is 3. The van der Waals surface area contributed by atoms with Gasteiger partial charge in [0.15, 0.2) is 0 Å². The number of nitrogens with zero attached hydrogens (tertiary/aromatic N) is 9. The quantitative estimate of drug-likeness (QED) is 0.232. The zero-order valence-electron chi connectivity index (χ0n) is 22.8. The maximum atomic E-state index is 13.2. The molecule has 42 heavy (non-hydrogen) atoms. The average Bonchev–Trinajstić information content (AvgIpc) is 3.73. The van der Waals surface area contributed by atoms with Gasteiger partial charge in [0.05, 0.1) is 28.5 Å². The Bertz CT molecular complexity index is 1760. The lowest BCUT2D eigenvalue weighted by Crippen LogP contribution is -2.53. The predicted molar refractivity (Wildman–Crippen MR) is 156 cm³/mol. The number of piperazine rings is 1. The lowest BCUT2D eigenvalue weighted by molar-refractivity contribution is 0.0566. The summed E-state index contributed by atoms with van der Waals surface area (Å²) in [6.45, 7) is 0.00338. The average molecular weight is 584 g/mol. The molecular weight excluding hydrogens is 556 g/mol. The number of hydrogen-bond acceptors (Lipinski definition) is 8. The van der Waals surface area contributed by atoms with Crippen molar-refractivity contribution in [2.24, 2.45) is 0 Å². The Morgan fingerprint density at radius 3 is 2.43 bits per heavy atom. The molecule has 2 saturated heterocycles. The second kappa shape index (κ2) is 10.8. The molecule has 2 aliphatic rings. The molecule has 0 saturated carbocycles. The molecule has 2 aliphatic heterocycles. The van der Waals surface area contributed by atoms with Crippen LogP contribution in [0.4, 0.5) is 14.6 Å². The second-order valence-electron chi connectivity index (χ2n) is 10.7. The van der Waals surface area contributed by atoms with Crippen molar-refractivity contribution in [3.05, 3.63) is 78.6 Å². The van der Waals surface area contributed by atoms with Crippen LogP contribution in [-0.4, -0.2) is 65.7 Å². The molecule has 5 aromatic heterocycles. The van der Waals surface area contributed by atoms with E-state index in [4.69, 9.17) is 4.98 Å². The van der Waals surface area contributed by atoms with Crippen LogP contribution in [0.2, 0.25) is 0 Å². The SMILES string of the molecule is CSc1ccc(CN2C3CCC2CN(c2ccc(-c4cc(-c5cnn(C(F)F)c5)cn5ncc(C#N)c45)cn2)C3)cn1. The van der Waals surface area contributed by atoms with Crippen molar-refractivity contribution in [3.8, 4) is 28.3 Å². The maximum absolute atomic E-state index is 13.2. The lowest BCUT2D eigenvalue weighted by Gasteiger charge is -2.41. The summed E-state index contributed by atoms with van der Waals surface area (Å²) in [4.78, 5) is 14.4. The molecule has 0 amide bonds. The molecule has 7 rings (SSSR count).